The van der Waals surface area contributed by atoms with Crippen LogP contribution in [0, 0.1) is 23.1 Å². The molecule has 0 bridgehead atoms. The van der Waals surface area contributed by atoms with E-state index in [0.29, 0.717) is 36.6 Å². The third-order valence-electron chi connectivity index (χ3n) is 4.34. The van der Waals surface area contributed by atoms with Gasteiger partial charge in [0.05, 0.1) is 18.2 Å². The second-order valence-corrected chi connectivity index (χ2v) is 6.22. The van der Waals surface area contributed by atoms with Gasteiger partial charge in [0.25, 0.3) is 5.91 Å². The molecular weight excluding hydrogens is 319 g/mol. The van der Waals surface area contributed by atoms with E-state index in [4.69, 9.17) is 10.00 Å². The molecule has 2 aromatic rings. The molecule has 0 radical (unpaired) electrons. The monoisotopic (exact) mass is 338 g/mol. The summed E-state index contributed by atoms with van der Waals surface area (Å²) in [5.74, 6) is 0.526. The van der Waals surface area contributed by atoms with E-state index in [1.165, 1.54) is 12.1 Å². The maximum atomic E-state index is 12.9. The second-order valence-electron chi connectivity index (χ2n) is 6.22. The fourth-order valence-electron chi connectivity index (χ4n) is 3.03. The predicted octanol–water partition coefficient (Wildman–Crippen LogP) is 3.63. The highest BCUT2D eigenvalue weighted by Gasteiger charge is 2.25. The van der Waals surface area contributed by atoms with E-state index < -0.39 is 0 Å². The van der Waals surface area contributed by atoms with E-state index in [1.54, 1.807) is 36.4 Å². The van der Waals surface area contributed by atoms with Crippen molar-refractivity contribution in [2.75, 3.05) is 19.7 Å². The number of carbonyl (C=O) groups excluding carboxylic acids is 1. The van der Waals surface area contributed by atoms with E-state index in [2.05, 4.69) is 6.07 Å². The molecule has 1 aliphatic heterocycles. The highest BCUT2D eigenvalue weighted by molar-refractivity contribution is 5.94. The minimum atomic E-state index is -0.290. The van der Waals surface area contributed by atoms with Crippen molar-refractivity contribution in [1.29, 1.82) is 5.26 Å². The molecule has 2 aromatic carbocycles. The third-order valence-corrected chi connectivity index (χ3v) is 4.34. The van der Waals surface area contributed by atoms with Gasteiger partial charge < -0.3 is 9.64 Å². The lowest BCUT2D eigenvalue weighted by molar-refractivity contribution is 0.0633. The maximum absolute atomic E-state index is 12.9. The minimum Gasteiger partial charge on any atom is -0.493 e. The number of likely N-dealkylation sites (tertiary alicyclic amines) is 1. The zero-order chi connectivity index (χ0) is 17.6. The van der Waals surface area contributed by atoms with Crippen molar-refractivity contribution in [3.8, 4) is 11.8 Å². The van der Waals surface area contributed by atoms with Crippen molar-refractivity contribution in [3.63, 3.8) is 0 Å². The van der Waals surface area contributed by atoms with Gasteiger partial charge in [-0.1, -0.05) is 6.07 Å². The first-order valence-corrected chi connectivity index (χ1v) is 8.33. The number of hydrogen-bond acceptors (Lipinski definition) is 3. The van der Waals surface area contributed by atoms with Gasteiger partial charge >= 0.3 is 0 Å². The molecule has 0 saturated carbocycles. The molecule has 0 N–H and O–H groups in total. The number of hydrogen-bond donors (Lipinski definition) is 0. The Morgan fingerprint density at radius 2 is 2.08 bits per heavy atom. The van der Waals surface area contributed by atoms with Crippen LogP contribution in [0.3, 0.4) is 0 Å². The first-order valence-electron chi connectivity index (χ1n) is 8.33. The van der Waals surface area contributed by atoms with Crippen molar-refractivity contribution in [1.82, 2.24) is 4.90 Å². The Kier molecular flexibility index (Phi) is 5.30. The molecule has 3 rings (SSSR count). The first kappa shape index (κ1) is 17.0. The van der Waals surface area contributed by atoms with Crippen LogP contribution in [0.2, 0.25) is 0 Å². The van der Waals surface area contributed by atoms with Gasteiger partial charge in [-0.3, -0.25) is 4.79 Å². The zero-order valence-electron chi connectivity index (χ0n) is 13.8. The summed E-state index contributed by atoms with van der Waals surface area (Å²) in [6.45, 7) is 1.83. The van der Waals surface area contributed by atoms with E-state index in [9.17, 15) is 9.18 Å². The summed E-state index contributed by atoms with van der Waals surface area (Å²) in [5.41, 5.74) is 1.03. The highest BCUT2D eigenvalue weighted by Crippen LogP contribution is 2.21. The molecule has 0 spiro atoms. The van der Waals surface area contributed by atoms with E-state index in [1.807, 2.05) is 4.90 Å². The van der Waals surface area contributed by atoms with Crippen molar-refractivity contribution < 1.29 is 13.9 Å². The van der Waals surface area contributed by atoms with Gasteiger partial charge in [-0.25, -0.2) is 4.39 Å². The number of rotatable bonds is 4. The van der Waals surface area contributed by atoms with Gasteiger partial charge in [0.2, 0.25) is 0 Å². The molecule has 1 fully saturated rings. The smallest absolute Gasteiger partial charge is 0.253 e. The van der Waals surface area contributed by atoms with Crippen molar-refractivity contribution in [3.05, 3.63) is 65.5 Å². The Morgan fingerprint density at radius 3 is 2.84 bits per heavy atom. The van der Waals surface area contributed by atoms with E-state index >= 15 is 0 Å². The molecule has 1 amide bonds. The van der Waals surface area contributed by atoms with Crippen molar-refractivity contribution >= 4 is 5.91 Å². The number of piperidine rings is 1. The summed E-state index contributed by atoms with van der Waals surface area (Å²) in [6.07, 6.45) is 1.91. The summed E-state index contributed by atoms with van der Waals surface area (Å²) in [4.78, 5) is 14.5. The van der Waals surface area contributed by atoms with E-state index in [0.717, 1.165) is 12.8 Å². The van der Waals surface area contributed by atoms with Crippen LogP contribution in [0.5, 0.6) is 5.75 Å². The van der Waals surface area contributed by atoms with Crippen LogP contribution in [0.15, 0.2) is 48.5 Å². The van der Waals surface area contributed by atoms with Crippen LogP contribution in [0.1, 0.15) is 28.8 Å². The lowest BCUT2D eigenvalue weighted by atomic mass is 9.98. The topological polar surface area (TPSA) is 53.3 Å². The number of halogens is 1. The number of carbonyl (C=O) groups is 1. The SMILES string of the molecule is N#Cc1cccc(C(=O)N2CCC[C@@H](COc3ccc(F)cc3)C2)c1. The molecule has 0 aromatic heterocycles. The second kappa shape index (κ2) is 7.80. The fourth-order valence-corrected chi connectivity index (χ4v) is 3.03. The Morgan fingerprint density at radius 1 is 1.28 bits per heavy atom. The molecule has 1 saturated heterocycles. The quantitative estimate of drug-likeness (QED) is 0.855. The van der Waals surface area contributed by atoms with Crippen molar-refractivity contribution in [2.24, 2.45) is 5.92 Å². The maximum Gasteiger partial charge on any atom is 0.253 e. The zero-order valence-corrected chi connectivity index (χ0v) is 13.8. The lowest BCUT2D eigenvalue weighted by Gasteiger charge is -2.32. The average molecular weight is 338 g/mol. The molecule has 0 unspecified atom stereocenters. The van der Waals surface area contributed by atoms with Crippen molar-refractivity contribution in [2.45, 2.75) is 12.8 Å². The summed E-state index contributed by atoms with van der Waals surface area (Å²) in [7, 11) is 0. The number of benzene rings is 2. The highest BCUT2D eigenvalue weighted by atomic mass is 19.1. The van der Waals surface area contributed by atoms with Gasteiger partial charge in [0.15, 0.2) is 0 Å². The summed E-state index contributed by atoms with van der Waals surface area (Å²) in [5, 5.41) is 8.98. The van der Waals surface area contributed by atoms with Gasteiger partial charge in [-0.05, 0) is 55.3 Å². The number of ether oxygens (including phenoxy) is 1. The molecule has 0 aliphatic carbocycles. The molecule has 128 valence electrons. The molecule has 1 aliphatic rings. The van der Waals surface area contributed by atoms with Crippen LogP contribution in [0.25, 0.3) is 0 Å². The molecule has 5 heteroatoms. The Hall–Kier alpha value is -2.87. The normalized spacial score (nSPS) is 17.0. The van der Waals surface area contributed by atoms with Crippen LogP contribution in [0.4, 0.5) is 4.39 Å². The molecule has 25 heavy (non-hydrogen) atoms. The standard InChI is InChI=1S/C20H19FN2O2/c21-18-6-8-19(9-7-18)25-14-16-4-2-10-23(13-16)20(24)17-5-1-3-15(11-17)12-22/h1,3,5-9,11,16H,2,4,10,13-14H2/t16-/m1/s1. The number of nitrogens with zero attached hydrogens (tertiary/aromatic N) is 2. The Balaban J connectivity index is 1.59. The molecule has 4 nitrogen and oxygen atoms in total. The van der Waals surface area contributed by atoms with Crippen LogP contribution in [-0.2, 0) is 0 Å². The summed E-state index contributed by atoms with van der Waals surface area (Å²) in [6, 6.07) is 14.8. The molecule has 1 heterocycles. The van der Waals surface area contributed by atoms with Gasteiger partial charge in [-0.2, -0.15) is 5.26 Å². The molecule has 1 atom stereocenters. The number of nitriles is 1. The summed E-state index contributed by atoms with van der Waals surface area (Å²) >= 11 is 0. The third kappa shape index (κ3) is 4.36. The van der Waals surface area contributed by atoms with Crippen LogP contribution >= 0.6 is 0 Å². The minimum absolute atomic E-state index is 0.0522. The van der Waals surface area contributed by atoms with E-state index in [-0.39, 0.29) is 17.6 Å². The average Bonchev–Trinajstić information content (AvgIpc) is 2.67. The van der Waals surface area contributed by atoms with Crippen LogP contribution in [-0.4, -0.2) is 30.5 Å². The number of amides is 1. The van der Waals surface area contributed by atoms with Gasteiger partial charge in [-0.15, -0.1) is 0 Å². The van der Waals surface area contributed by atoms with Gasteiger partial charge in [0.1, 0.15) is 11.6 Å². The summed E-state index contributed by atoms with van der Waals surface area (Å²) < 4.78 is 18.6. The first-order chi connectivity index (χ1) is 12.2. The van der Waals surface area contributed by atoms with Crippen LogP contribution < -0.4 is 4.74 Å². The Labute approximate surface area is 146 Å². The van der Waals surface area contributed by atoms with Gasteiger partial charge in [0, 0.05) is 24.6 Å². The Bertz CT molecular complexity index is 783. The molecular formula is C20H19FN2O2. The predicted molar refractivity (Wildman–Crippen MR) is 91.7 cm³/mol. The fraction of sp³-hybridized carbons (Fsp3) is 0.300. The largest absolute Gasteiger partial charge is 0.493 e. The lowest BCUT2D eigenvalue weighted by Crippen LogP contribution is -2.41.